The highest BCUT2D eigenvalue weighted by atomic mass is 32.2. The molecule has 0 aliphatic heterocycles. The Morgan fingerprint density at radius 2 is 2.24 bits per heavy atom. The van der Waals surface area contributed by atoms with Gasteiger partial charge in [-0.1, -0.05) is 6.92 Å². The molecule has 6 nitrogen and oxygen atoms in total. The van der Waals surface area contributed by atoms with Crippen molar-refractivity contribution in [3.63, 3.8) is 0 Å². The zero-order valence-corrected chi connectivity index (χ0v) is 13.4. The van der Waals surface area contributed by atoms with Crippen molar-refractivity contribution in [3.05, 3.63) is 34.8 Å². The van der Waals surface area contributed by atoms with Crippen LogP contribution in [0.15, 0.2) is 34.7 Å². The van der Waals surface area contributed by atoms with Crippen molar-refractivity contribution in [2.24, 2.45) is 0 Å². The summed E-state index contributed by atoms with van der Waals surface area (Å²) in [5.41, 5.74) is 6.09. The van der Waals surface area contributed by atoms with Gasteiger partial charge in [-0.2, -0.15) is 0 Å². The molecule has 0 saturated heterocycles. The molecule has 0 aliphatic carbocycles. The third-order valence-electron chi connectivity index (χ3n) is 2.93. The number of nitrogens with two attached hydrogens (primary N) is 1. The zero-order valence-electron chi connectivity index (χ0n) is 11.7. The number of sulfonamides is 1. The van der Waals surface area contributed by atoms with Crippen LogP contribution in [0, 0.1) is 0 Å². The molecule has 0 spiro atoms. The highest BCUT2D eigenvalue weighted by Gasteiger charge is 2.24. The molecule has 21 heavy (non-hydrogen) atoms. The summed E-state index contributed by atoms with van der Waals surface area (Å²) in [6, 6.07) is 4.09. The highest BCUT2D eigenvalue weighted by Crippen LogP contribution is 2.28. The Labute approximate surface area is 128 Å². The first-order valence-electron chi connectivity index (χ1n) is 6.33. The summed E-state index contributed by atoms with van der Waals surface area (Å²) in [6.07, 6.45) is 2.25. The van der Waals surface area contributed by atoms with E-state index < -0.39 is 10.0 Å². The molecule has 1 aromatic heterocycles. The smallest absolute Gasteiger partial charge is 0.244 e. The summed E-state index contributed by atoms with van der Waals surface area (Å²) < 4.78 is 32.8. The van der Waals surface area contributed by atoms with E-state index in [0.717, 1.165) is 5.01 Å². The zero-order chi connectivity index (χ0) is 15.5. The molecular formula is C13H17N3O3S2. The second kappa shape index (κ2) is 6.42. The van der Waals surface area contributed by atoms with E-state index in [9.17, 15) is 8.42 Å². The number of benzene rings is 1. The predicted molar refractivity (Wildman–Crippen MR) is 82.9 cm³/mol. The van der Waals surface area contributed by atoms with Crippen LogP contribution in [0.4, 0.5) is 5.69 Å². The minimum absolute atomic E-state index is 0.0641. The number of nitrogen functional groups attached to an aromatic ring is 1. The maximum atomic E-state index is 12.5. The van der Waals surface area contributed by atoms with E-state index >= 15 is 0 Å². The summed E-state index contributed by atoms with van der Waals surface area (Å²) in [6.45, 7) is 1.90. The third-order valence-corrected chi connectivity index (χ3v) is 5.33. The third kappa shape index (κ3) is 3.52. The first-order chi connectivity index (χ1) is 9.97. The van der Waals surface area contributed by atoms with Crippen molar-refractivity contribution < 1.29 is 13.2 Å². The van der Waals surface area contributed by atoms with E-state index in [1.807, 2.05) is 12.3 Å². The lowest BCUT2D eigenvalue weighted by atomic mass is 10.3. The van der Waals surface area contributed by atoms with E-state index in [-0.39, 0.29) is 16.7 Å². The fourth-order valence-electron chi connectivity index (χ4n) is 1.87. The second-order valence-corrected chi connectivity index (χ2v) is 6.97. The van der Waals surface area contributed by atoms with Gasteiger partial charge in [0.05, 0.1) is 13.2 Å². The van der Waals surface area contributed by atoms with Crippen molar-refractivity contribution in [2.75, 3.05) is 12.8 Å². The van der Waals surface area contributed by atoms with Crippen LogP contribution >= 0.6 is 11.3 Å². The second-order valence-electron chi connectivity index (χ2n) is 4.36. The maximum absolute atomic E-state index is 12.5. The van der Waals surface area contributed by atoms with Crippen LogP contribution in [0.25, 0.3) is 0 Å². The minimum atomic E-state index is -3.72. The average molecular weight is 327 g/mol. The van der Waals surface area contributed by atoms with E-state index in [2.05, 4.69) is 9.71 Å². The number of nitrogens with zero attached hydrogens (tertiary/aromatic N) is 1. The van der Waals surface area contributed by atoms with Gasteiger partial charge in [-0.3, -0.25) is 0 Å². The topological polar surface area (TPSA) is 94.3 Å². The summed E-state index contributed by atoms with van der Waals surface area (Å²) >= 11 is 1.41. The number of methoxy groups -OCH3 is 1. The van der Waals surface area contributed by atoms with Gasteiger partial charge in [-0.25, -0.2) is 18.1 Å². The lowest BCUT2D eigenvalue weighted by molar-refractivity contribution is 0.402. The lowest BCUT2D eigenvalue weighted by Crippen LogP contribution is -2.28. The molecule has 3 N–H and O–H groups in total. The number of aromatic nitrogens is 1. The van der Waals surface area contributed by atoms with E-state index in [1.54, 1.807) is 6.20 Å². The lowest BCUT2D eigenvalue weighted by Gasteiger charge is -2.16. The van der Waals surface area contributed by atoms with Gasteiger partial charge in [0.25, 0.3) is 0 Å². The van der Waals surface area contributed by atoms with Crippen LogP contribution in [-0.2, 0) is 10.0 Å². The molecular weight excluding hydrogens is 310 g/mol. The number of nitrogens with one attached hydrogen (secondary N) is 1. The van der Waals surface area contributed by atoms with E-state index in [0.29, 0.717) is 12.1 Å². The predicted octanol–water partition coefficient (Wildman–Crippen LogP) is 2.16. The molecule has 0 fully saturated rings. The Balaban J connectivity index is 2.34. The summed E-state index contributed by atoms with van der Waals surface area (Å²) in [4.78, 5) is 4.23. The van der Waals surface area contributed by atoms with Crippen LogP contribution in [0.1, 0.15) is 24.4 Å². The quantitative estimate of drug-likeness (QED) is 0.793. The molecule has 0 aliphatic rings. The van der Waals surface area contributed by atoms with Crippen LogP contribution in [-0.4, -0.2) is 20.5 Å². The Hall–Kier alpha value is -1.64. The number of hydrogen-bond acceptors (Lipinski definition) is 6. The average Bonchev–Trinajstić information content (AvgIpc) is 2.98. The van der Waals surface area contributed by atoms with E-state index in [1.165, 1.54) is 36.6 Å². The Morgan fingerprint density at radius 3 is 2.81 bits per heavy atom. The molecule has 0 bridgehead atoms. The van der Waals surface area contributed by atoms with Crippen LogP contribution in [0.5, 0.6) is 5.75 Å². The van der Waals surface area contributed by atoms with Gasteiger partial charge in [0.15, 0.2) is 0 Å². The van der Waals surface area contributed by atoms with Gasteiger partial charge >= 0.3 is 0 Å². The molecule has 1 aromatic carbocycles. The number of rotatable bonds is 6. The molecule has 0 radical (unpaired) electrons. The molecule has 1 heterocycles. The molecule has 8 heteroatoms. The van der Waals surface area contributed by atoms with Gasteiger partial charge in [0.1, 0.15) is 15.7 Å². The number of anilines is 1. The molecule has 2 aromatic rings. The van der Waals surface area contributed by atoms with Gasteiger partial charge in [-0.05, 0) is 18.6 Å². The van der Waals surface area contributed by atoms with Gasteiger partial charge in [0, 0.05) is 23.3 Å². The Bertz CT molecular complexity index is 699. The fourth-order valence-corrected chi connectivity index (χ4v) is 4.15. The van der Waals surface area contributed by atoms with Crippen LogP contribution in [0.2, 0.25) is 0 Å². The van der Waals surface area contributed by atoms with Crippen LogP contribution < -0.4 is 15.2 Å². The summed E-state index contributed by atoms with van der Waals surface area (Å²) in [5, 5.41) is 2.55. The Morgan fingerprint density at radius 1 is 1.48 bits per heavy atom. The normalized spacial score (nSPS) is 13.0. The van der Waals surface area contributed by atoms with Crippen molar-refractivity contribution >= 4 is 27.0 Å². The first-order valence-corrected chi connectivity index (χ1v) is 8.69. The van der Waals surface area contributed by atoms with Crippen molar-refractivity contribution in [1.29, 1.82) is 0 Å². The minimum Gasteiger partial charge on any atom is -0.495 e. The molecule has 0 saturated carbocycles. The molecule has 1 unspecified atom stereocenters. The highest BCUT2D eigenvalue weighted by molar-refractivity contribution is 7.89. The number of hydrogen-bond donors (Lipinski definition) is 2. The Kier molecular flexibility index (Phi) is 4.81. The van der Waals surface area contributed by atoms with Gasteiger partial charge in [0.2, 0.25) is 10.0 Å². The number of ether oxygens (including phenoxy) is 1. The SMILES string of the molecule is CCC(NS(=O)(=O)c1ccc(N)cc1OC)c1nccs1. The maximum Gasteiger partial charge on any atom is 0.244 e. The first kappa shape index (κ1) is 15.7. The molecule has 0 amide bonds. The molecule has 1 atom stereocenters. The van der Waals surface area contributed by atoms with Crippen LogP contribution in [0.3, 0.4) is 0 Å². The van der Waals surface area contributed by atoms with Gasteiger partial charge in [-0.15, -0.1) is 11.3 Å². The monoisotopic (exact) mass is 327 g/mol. The van der Waals surface area contributed by atoms with Crippen molar-refractivity contribution in [1.82, 2.24) is 9.71 Å². The summed E-state index contributed by atoms with van der Waals surface area (Å²) in [7, 11) is -2.31. The standard InChI is InChI=1S/C13H17N3O3S2/c1-3-10(13-15-6-7-20-13)16-21(17,18)12-5-4-9(14)8-11(12)19-2/h4-8,10,16H,3,14H2,1-2H3. The number of thiazole rings is 1. The summed E-state index contributed by atoms with van der Waals surface area (Å²) in [5.74, 6) is 0.219. The van der Waals surface area contributed by atoms with Gasteiger partial charge < -0.3 is 10.5 Å². The largest absolute Gasteiger partial charge is 0.495 e. The molecule has 114 valence electrons. The molecule has 2 rings (SSSR count). The van der Waals surface area contributed by atoms with E-state index in [4.69, 9.17) is 10.5 Å². The van der Waals surface area contributed by atoms with Crippen molar-refractivity contribution in [2.45, 2.75) is 24.3 Å². The fraction of sp³-hybridized carbons (Fsp3) is 0.308. The van der Waals surface area contributed by atoms with Crippen molar-refractivity contribution in [3.8, 4) is 5.75 Å².